The van der Waals surface area contributed by atoms with Crippen LogP contribution in [0.25, 0.3) is 0 Å². The van der Waals surface area contributed by atoms with Crippen LogP contribution in [-0.2, 0) is 16.4 Å². The van der Waals surface area contributed by atoms with Crippen molar-refractivity contribution in [3.05, 3.63) is 62.5 Å². The van der Waals surface area contributed by atoms with Crippen molar-refractivity contribution < 1.29 is 13.2 Å². The van der Waals surface area contributed by atoms with E-state index < -0.39 is 10.0 Å². The second-order valence-electron chi connectivity index (χ2n) is 6.83. The highest BCUT2D eigenvalue weighted by molar-refractivity contribution is 9.10. The highest BCUT2D eigenvalue weighted by Crippen LogP contribution is 2.26. The first kappa shape index (κ1) is 20.7. The number of hydrogen-bond donors (Lipinski definition) is 1. The first-order valence-electron chi connectivity index (χ1n) is 8.95. The van der Waals surface area contributed by atoms with Gasteiger partial charge in [-0.25, -0.2) is 13.1 Å². The molecule has 1 aliphatic rings. The lowest BCUT2D eigenvalue weighted by molar-refractivity contribution is 0.0992. The van der Waals surface area contributed by atoms with Crippen molar-refractivity contribution in [3.63, 3.8) is 0 Å². The van der Waals surface area contributed by atoms with Crippen molar-refractivity contribution in [2.45, 2.75) is 49.5 Å². The van der Waals surface area contributed by atoms with Gasteiger partial charge in [0, 0.05) is 27.0 Å². The van der Waals surface area contributed by atoms with E-state index in [-0.39, 0.29) is 23.1 Å². The van der Waals surface area contributed by atoms with E-state index in [2.05, 4.69) is 36.6 Å². The summed E-state index contributed by atoms with van der Waals surface area (Å²) >= 11 is 6.69. The zero-order valence-corrected chi connectivity index (χ0v) is 18.7. The zero-order valence-electron chi connectivity index (χ0n) is 14.8. The number of carbonyl (C=O) groups excluding carboxylic acids is 1. The van der Waals surface area contributed by atoms with Crippen LogP contribution in [0.4, 0.5) is 0 Å². The van der Waals surface area contributed by atoms with Gasteiger partial charge in [0.15, 0.2) is 5.78 Å². The van der Waals surface area contributed by atoms with Crippen LogP contribution >= 0.6 is 31.9 Å². The molecule has 0 heterocycles. The van der Waals surface area contributed by atoms with Crippen LogP contribution in [0.1, 0.15) is 48.0 Å². The highest BCUT2D eigenvalue weighted by atomic mass is 79.9. The molecule has 0 aliphatic heterocycles. The molecule has 1 N–H and O–H groups in total. The van der Waals surface area contributed by atoms with Crippen molar-refractivity contribution in [1.82, 2.24) is 4.72 Å². The molecule has 0 radical (unpaired) electrons. The van der Waals surface area contributed by atoms with E-state index in [1.54, 1.807) is 12.1 Å². The van der Waals surface area contributed by atoms with E-state index in [9.17, 15) is 13.2 Å². The Kier molecular flexibility index (Phi) is 6.89. The number of nitrogens with one attached hydrogen (secondary N) is 1. The lowest BCUT2D eigenvalue weighted by Gasteiger charge is -2.23. The molecule has 0 saturated heterocycles. The molecule has 0 amide bonds. The number of halogens is 2. The van der Waals surface area contributed by atoms with E-state index in [1.807, 2.05) is 24.3 Å². The fraction of sp³-hybridized carbons (Fsp3) is 0.350. The van der Waals surface area contributed by atoms with Gasteiger partial charge in [-0.3, -0.25) is 4.79 Å². The molecule has 3 rings (SSSR count). The molecule has 0 unspecified atom stereocenters. The maximum atomic E-state index is 12.8. The van der Waals surface area contributed by atoms with Crippen molar-refractivity contribution >= 4 is 47.7 Å². The minimum Gasteiger partial charge on any atom is -0.294 e. The average Bonchev–Trinajstić information content (AvgIpc) is 2.64. The van der Waals surface area contributed by atoms with Gasteiger partial charge < -0.3 is 0 Å². The summed E-state index contributed by atoms with van der Waals surface area (Å²) in [4.78, 5) is 12.8. The summed E-state index contributed by atoms with van der Waals surface area (Å²) in [6, 6.07) is 12.2. The van der Waals surface area contributed by atoms with Crippen LogP contribution in [0.15, 0.2) is 56.3 Å². The molecule has 144 valence electrons. The molecule has 4 nitrogen and oxygen atoms in total. The van der Waals surface area contributed by atoms with Gasteiger partial charge in [-0.1, -0.05) is 53.4 Å². The summed E-state index contributed by atoms with van der Waals surface area (Å²) in [5.74, 6) is -0.112. The van der Waals surface area contributed by atoms with Crippen LogP contribution in [-0.4, -0.2) is 20.2 Å². The standard InChI is InChI=1S/C20H21Br2NO3S/c21-16-9-6-14(7-10-16)12-19(24)15-8-11-18(22)20(13-15)27(25,26)23-17-4-2-1-3-5-17/h6-11,13,17,23H,1-5,12H2. The molecule has 0 spiro atoms. The second kappa shape index (κ2) is 8.99. The average molecular weight is 515 g/mol. The van der Waals surface area contributed by atoms with Gasteiger partial charge in [-0.05, 0) is 58.6 Å². The lowest BCUT2D eigenvalue weighted by atomic mass is 9.96. The molecule has 0 aromatic heterocycles. The monoisotopic (exact) mass is 513 g/mol. The predicted molar refractivity (Wildman–Crippen MR) is 114 cm³/mol. The summed E-state index contributed by atoms with van der Waals surface area (Å²) in [6.07, 6.45) is 5.19. The van der Waals surface area contributed by atoms with Gasteiger partial charge in [0.1, 0.15) is 0 Å². The van der Waals surface area contributed by atoms with Gasteiger partial charge in [-0.2, -0.15) is 0 Å². The molecule has 2 aromatic carbocycles. The van der Waals surface area contributed by atoms with Crippen LogP contribution in [0.5, 0.6) is 0 Å². The Bertz CT molecular complexity index is 921. The Morgan fingerprint density at radius 2 is 1.67 bits per heavy atom. The molecular formula is C20H21Br2NO3S. The number of sulfonamides is 1. The van der Waals surface area contributed by atoms with Crippen LogP contribution in [0.2, 0.25) is 0 Å². The highest BCUT2D eigenvalue weighted by Gasteiger charge is 2.24. The quantitative estimate of drug-likeness (QED) is 0.535. The topological polar surface area (TPSA) is 63.2 Å². The Morgan fingerprint density at radius 3 is 2.33 bits per heavy atom. The normalized spacial score (nSPS) is 15.6. The fourth-order valence-corrected chi connectivity index (χ4v) is 5.83. The summed E-state index contributed by atoms with van der Waals surface area (Å²) in [6.45, 7) is 0. The predicted octanol–water partition coefficient (Wildman–Crippen LogP) is 5.25. The van der Waals surface area contributed by atoms with Gasteiger partial charge in [0.05, 0.1) is 4.90 Å². The Morgan fingerprint density at radius 1 is 1.00 bits per heavy atom. The molecule has 0 atom stereocenters. The Balaban J connectivity index is 1.80. The Hall–Kier alpha value is -1.02. The van der Waals surface area contributed by atoms with Gasteiger partial charge in [0.2, 0.25) is 10.0 Å². The molecule has 1 fully saturated rings. The van der Waals surface area contributed by atoms with E-state index in [4.69, 9.17) is 0 Å². The molecular weight excluding hydrogens is 494 g/mol. The first-order valence-corrected chi connectivity index (χ1v) is 12.0. The van der Waals surface area contributed by atoms with Crippen LogP contribution in [0.3, 0.4) is 0 Å². The summed E-state index contributed by atoms with van der Waals surface area (Å²) in [7, 11) is -3.68. The molecule has 27 heavy (non-hydrogen) atoms. The maximum absolute atomic E-state index is 12.8. The van der Waals surface area contributed by atoms with Gasteiger partial charge >= 0.3 is 0 Å². The third-order valence-electron chi connectivity index (χ3n) is 4.75. The van der Waals surface area contributed by atoms with Gasteiger partial charge in [0.25, 0.3) is 0 Å². The van der Waals surface area contributed by atoms with E-state index in [0.29, 0.717) is 10.0 Å². The second-order valence-corrected chi connectivity index (χ2v) is 10.3. The molecule has 0 bridgehead atoms. The third-order valence-corrected chi connectivity index (χ3v) is 7.79. The SMILES string of the molecule is O=C(Cc1ccc(Br)cc1)c1ccc(Br)c(S(=O)(=O)NC2CCCCC2)c1. The molecule has 1 saturated carbocycles. The minimum absolute atomic E-state index is 0.0298. The number of rotatable bonds is 6. The first-order chi connectivity index (χ1) is 12.8. The number of carbonyl (C=O) groups is 1. The number of hydrogen-bond acceptors (Lipinski definition) is 3. The summed E-state index contributed by atoms with van der Waals surface area (Å²) < 4.78 is 29.9. The van der Waals surface area contributed by atoms with Crippen LogP contribution in [0, 0.1) is 0 Å². The number of Topliss-reactive ketones (excluding diaryl/α,β-unsaturated/α-hetero) is 1. The van der Waals surface area contributed by atoms with Crippen molar-refractivity contribution in [2.75, 3.05) is 0 Å². The minimum atomic E-state index is -3.68. The zero-order chi connectivity index (χ0) is 19.4. The van der Waals surface area contributed by atoms with E-state index in [0.717, 1.165) is 42.1 Å². The molecule has 2 aromatic rings. The van der Waals surface area contributed by atoms with E-state index in [1.165, 1.54) is 6.07 Å². The van der Waals surface area contributed by atoms with Crippen LogP contribution < -0.4 is 4.72 Å². The third kappa shape index (κ3) is 5.50. The smallest absolute Gasteiger partial charge is 0.241 e. The Labute approximate surface area is 177 Å². The van der Waals surface area contributed by atoms with Crippen molar-refractivity contribution in [2.24, 2.45) is 0 Å². The number of ketones is 1. The maximum Gasteiger partial charge on any atom is 0.241 e. The van der Waals surface area contributed by atoms with Gasteiger partial charge in [-0.15, -0.1) is 0 Å². The number of benzene rings is 2. The summed E-state index contributed by atoms with van der Waals surface area (Å²) in [5.41, 5.74) is 1.28. The largest absolute Gasteiger partial charge is 0.294 e. The summed E-state index contributed by atoms with van der Waals surface area (Å²) in [5, 5.41) is 0. The molecule has 7 heteroatoms. The van der Waals surface area contributed by atoms with Crippen molar-refractivity contribution in [3.8, 4) is 0 Å². The lowest BCUT2D eigenvalue weighted by Crippen LogP contribution is -2.36. The fourth-order valence-electron chi connectivity index (χ4n) is 3.28. The van der Waals surface area contributed by atoms with Crippen molar-refractivity contribution in [1.29, 1.82) is 0 Å². The van der Waals surface area contributed by atoms with E-state index >= 15 is 0 Å². The molecule has 1 aliphatic carbocycles.